The monoisotopic (exact) mass is 410 g/mol. The van der Waals surface area contributed by atoms with E-state index in [1.165, 1.54) is 0 Å². The summed E-state index contributed by atoms with van der Waals surface area (Å²) >= 11 is 0. The Hall–Kier alpha value is -2.86. The van der Waals surface area contributed by atoms with Gasteiger partial charge in [-0.15, -0.1) is 0 Å². The van der Waals surface area contributed by atoms with Crippen molar-refractivity contribution in [3.63, 3.8) is 0 Å². The van der Waals surface area contributed by atoms with Gasteiger partial charge in [0.2, 0.25) is 5.91 Å². The molecule has 0 radical (unpaired) electrons. The number of aliphatic hydroxyl groups is 1. The maximum atomic E-state index is 12.3. The van der Waals surface area contributed by atoms with E-state index in [2.05, 4.69) is 10.6 Å². The number of aliphatic hydroxyl groups excluding tert-OH is 1. The van der Waals surface area contributed by atoms with Crippen molar-refractivity contribution >= 4 is 11.8 Å². The molecule has 1 fully saturated rings. The summed E-state index contributed by atoms with van der Waals surface area (Å²) in [7, 11) is 1.61. The van der Waals surface area contributed by atoms with Crippen molar-refractivity contribution in [1.82, 2.24) is 10.6 Å². The van der Waals surface area contributed by atoms with E-state index in [4.69, 9.17) is 4.74 Å². The van der Waals surface area contributed by atoms with E-state index in [-0.39, 0.29) is 18.4 Å². The summed E-state index contributed by atoms with van der Waals surface area (Å²) in [6, 6.07) is 14.5. The van der Waals surface area contributed by atoms with Crippen LogP contribution >= 0.6 is 0 Å². The number of methoxy groups -OCH3 is 1. The summed E-state index contributed by atoms with van der Waals surface area (Å²) in [6.07, 6.45) is 4.22. The molecule has 1 unspecified atom stereocenters. The van der Waals surface area contributed by atoms with Gasteiger partial charge in [0.25, 0.3) is 5.91 Å². The third-order valence-corrected chi connectivity index (χ3v) is 5.65. The maximum absolute atomic E-state index is 12.3. The molecule has 160 valence electrons. The zero-order valence-corrected chi connectivity index (χ0v) is 17.4. The molecule has 2 aromatic rings. The summed E-state index contributed by atoms with van der Waals surface area (Å²) in [5.41, 5.74) is 2.38. The van der Waals surface area contributed by atoms with Crippen LogP contribution in [-0.2, 0) is 17.8 Å². The van der Waals surface area contributed by atoms with E-state index < -0.39 is 6.10 Å². The summed E-state index contributed by atoms with van der Waals surface area (Å²) in [5.74, 6) is 0.801. The summed E-state index contributed by atoms with van der Waals surface area (Å²) < 4.78 is 5.11. The van der Waals surface area contributed by atoms with E-state index in [0.717, 1.165) is 42.6 Å². The Balaban J connectivity index is 1.41. The molecule has 6 heteroatoms. The zero-order chi connectivity index (χ0) is 21.3. The molecule has 1 aliphatic carbocycles. The number of hydrogen-bond donors (Lipinski definition) is 3. The van der Waals surface area contributed by atoms with Crippen LogP contribution in [0.4, 0.5) is 0 Å². The highest BCUT2D eigenvalue weighted by atomic mass is 16.5. The fourth-order valence-electron chi connectivity index (χ4n) is 3.77. The molecule has 0 aromatic heterocycles. The number of hydrogen-bond acceptors (Lipinski definition) is 4. The van der Waals surface area contributed by atoms with Crippen molar-refractivity contribution < 1.29 is 19.4 Å². The highest BCUT2D eigenvalue weighted by Gasteiger charge is 2.23. The molecular formula is C24H30N2O4. The predicted molar refractivity (Wildman–Crippen MR) is 115 cm³/mol. The Morgan fingerprint density at radius 2 is 1.63 bits per heavy atom. The average Bonchev–Trinajstić information content (AvgIpc) is 3.32. The lowest BCUT2D eigenvalue weighted by Gasteiger charge is -2.18. The minimum Gasteiger partial charge on any atom is -0.497 e. The van der Waals surface area contributed by atoms with Gasteiger partial charge in [-0.2, -0.15) is 0 Å². The van der Waals surface area contributed by atoms with Gasteiger partial charge in [-0.3, -0.25) is 9.59 Å². The first kappa shape index (κ1) is 21.8. The summed E-state index contributed by atoms with van der Waals surface area (Å²) in [4.78, 5) is 24.4. The van der Waals surface area contributed by atoms with Crippen LogP contribution in [-0.4, -0.2) is 36.7 Å². The van der Waals surface area contributed by atoms with E-state index in [9.17, 15) is 14.7 Å². The first-order chi connectivity index (χ1) is 14.5. The molecule has 2 aromatic carbocycles. The van der Waals surface area contributed by atoms with Gasteiger partial charge < -0.3 is 20.5 Å². The molecule has 30 heavy (non-hydrogen) atoms. The number of rotatable bonds is 9. The van der Waals surface area contributed by atoms with Crippen LogP contribution in [0.1, 0.15) is 47.2 Å². The molecule has 0 bridgehead atoms. The standard InChI is InChI=1S/C24H30N2O4/c1-30-21-12-8-17(9-13-21)14-23(28)25-15-18-6-10-20(11-7-18)24(29)26-16-22(27)19-4-2-3-5-19/h6-13,19,22,27H,2-5,14-16H2,1H3,(H,25,28)(H,26,29). The fraction of sp³-hybridized carbons (Fsp3) is 0.417. The third-order valence-electron chi connectivity index (χ3n) is 5.65. The second-order valence-corrected chi connectivity index (χ2v) is 7.82. The van der Waals surface area contributed by atoms with Gasteiger partial charge in [0.1, 0.15) is 5.75 Å². The number of ether oxygens (including phenoxy) is 1. The molecule has 3 rings (SSSR count). The van der Waals surface area contributed by atoms with Crippen LogP contribution in [0.3, 0.4) is 0 Å². The smallest absolute Gasteiger partial charge is 0.251 e. The number of carbonyl (C=O) groups excluding carboxylic acids is 2. The average molecular weight is 411 g/mol. The molecule has 0 spiro atoms. The minimum absolute atomic E-state index is 0.0668. The predicted octanol–water partition coefficient (Wildman–Crippen LogP) is 2.84. The van der Waals surface area contributed by atoms with E-state index in [0.29, 0.717) is 24.4 Å². The SMILES string of the molecule is COc1ccc(CC(=O)NCc2ccc(C(=O)NCC(O)C3CCCC3)cc2)cc1. The largest absolute Gasteiger partial charge is 0.497 e. The minimum atomic E-state index is -0.475. The fourth-order valence-corrected chi connectivity index (χ4v) is 3.77. The number of carbonyl (C=O) groups is 2. The first-order valence-corrected chi connectivity index (χ1v) is 10.5. The molecular weight excluding hydrogens is 380 g/mol. The van der Waals surface area contributed by atoms with Crippen molar-refractivity contribution in [2.24, 2.45) is 5.92 Å². The van der Waals surface area contributed by atoms with Gasteiger partial charge in [0, 0.05) is 18.7 Å². The quantitative estimate of drug-likeness (QED) is 0.593. The van der Waals surface area contributed by atoms with Crippen molar-refractivity contribution in [3.05, 3.63) is 65.2 Å². The topological polar surface area (TPSA) is 87.7 Å². The molecule has 0 saturated heterocycles. The normalized spacial score (nSPS) is 14.9. The molecule has 6 nitrogen and oxygen atoms in total. The summed E-state index contributed by atoms with van der Waals surface area (Å²) in [5, 5.41) is 15.9. The summed E-state index contributed by atoms with van der Waals surface area (Å²) in [6.45, 7) is 0.684. The van der Waals surface area contributed by atoms with Crippen LogP contribution < -0.4 is 15.4 Å². The number of benzene rings is 2. The highest BCUT2D eigenvalue weighted by molar-refractivity contribution is 5.94. The van der Waals surface area contributed by atoms with Gasteiger partial charge >= 0.3 is 0 Å². The van der Waals surface area contributed by atoms with Crippen LogP contribution in [0, 0.1) is 5.92 Å². The molecule has 2 amide bonds. The highest BCUT2D eigenvalue weighted by Crippen LogP contribution is 2.27. The number of nitrogens with one attached hydrogen (secondary N) is 2. The van der Waals surface area contributed by atoms with Crippen LogP contribution in [0.5, 0.6) is 5.75 Å². The third kappa shape index (κ3) is 6.32. The van der Waals surface area contributed by atoms with E-state index in [1.54, 1.807) is 19.2 Å². The lowest BCUT2D eigenvalue weighted by Crippen LogP contribution is -2.35. The molecule has 3 N–H and O–H groups in total. The van der Waals surface area contributed by atoms with Gasteiger partial charge in [-0.05, 0) is 54.2 Å². The van der Waals surface area contributed by atoms with Crippen molar-refractivity contribution in [1.29, 1.82) is 0 Å². The second kappa shape index (κ2) is 10.8. The zero-order valence-electron chi connectivity index (χ0n) is 17.4. The van der Waals surface area contributed by atoms with Crippen molar-refractivity contribution in [2.75, 3.05) is 13.7 Å². The van der Waals surface area contributed by atoms with Gasteiger partial charge in [0.15, 0.2) is 0 Å². The van der Waals surface area contributed by atoms with Gasteiger partial charge in [-0.1, -0.05) is 37.1 Å². The van der Waals surface area contributed by atoms with Crippen molar-refractivity contribution in [3.8, 4) is 5.75 Å². The van der Waals surface area contributed by atoms with Crippen LogP contribution in [0.25, 0.3) is 0 Å². The van der Waals surface area contributed by atoms with Crippen molar-refractivity contribution in [2.45, 2.75) is 44.8 Å². The Kier molecular flexibility index (Phi) is 7.85. The Labute approximate surface area is 177 Å². The van der Waals surface area contributed by atoms with E-state index >= 15 is 0 Å². The Bertz CT molecular complexity index is 827. The Morgan fingerprint density at radius 1 is 1.00 bits per heavy atom. The van der Waals surface area contributed by atoms with Gasteiger partial charge in [-0.25, -0.2) is 0 Å². The lowest BCUT2D eigenvalue weighted by atomic mass is 10.0. The van der Waals surface area contributed by atoms with E-state index in [1.807, 2.05) is 36.4 Å². The molecule has 1 atom stereocenters. The van der Waals surface area contributed by atoms with Crippen LogP contribution in [0.2, 0.25) is 0 Å². The lowest BCUT2D eigenvalue weighted by molar-refractivity contribution is -0.120. The molecule has 0 heterocycles. The van der Waals surface area contributed by atoms with Gasteiger partial charge in [0.05, 0.1) is 19.6 Å². The second-order valence-electron chi connectivity index (χ2n) is 7.82. The molecule has 1 aliphatic rings. The molecule has 0 aliphatic heterocycles. The Morgan fingerprint density at radius 3 is 2.27 bits per heavy atom. The van der Waals surface area contributed by atoms with Crippen LogP contribution in [0.15, 0.2) is 48.5 Å². The number of amides is 2. The maximum Gasteiger partial charge on any atom is 0.251 e. The first-order valence-electron chi connectivity index (χ1n) is 10.5. The molecule has 1 saturated carbocycles.